The minimum Gasteiger partial charge on any atom is -0.337 e. The van der Waals surface area contributed by atoms with Crippen molar-refractivity contribution in [2.24, 2.45) is 0 Å². The molecule has 1 aliphatic rings. The Morgan fingerprint density at radius 3 is 2.85 bits per heavy atom. The molecule has 1 heterocycles. The number of carbonyl (C=O) groups is 1. The first kappa shape index (κ1) is 15.7. The maximum absolute atomic E-state index is 13.9. The first-order chi connectivity index (χ1) is 9.63. The molecule has 1 aromatic carbocycles. The van der Waals surface area contributed by atoms with E-state index in [4.69, 9.17) is 11.6 Å². The minimum absolute atomic E-state index is 0.00779. The standard InChI is InChI=1S/C14H17BrClFN2O/c15-5-8-18-6-2-7-19(10-9-18)14(20)11-3-1-4-12(16)13(11)17/h1,3-4H,2,5-10H2. The van der Waals surface area contributed by atoms with Crippen LogP contribution in [0.15, 0.2) is 18.2 Å². The quantitative estimate of drug-likeness (QED) is 0.771. The highest BCUT2D eigenvalue weighted by molar-refractivity contribution is 9.09. The third kappa shape index (κ3) is 3.71. The van der Waals surface area contributed by atoms with Gasteiger partial charge in [-0.15, -0.1) is 0 Å². The van der Waals surface area contributed by atoms with E-state index in [9.17, 15) is 9.18 Å². The average Bonchev–Trinajstić information content (AvgIpc) is 2.67. The summed E-state index contributed by atoms with van der Waals surface area (Å²) in [6, 6.07) is 4.55. The predicted octanol–water partition coefficient (Wildman–Crippen LogP) is 3.02. The molecule has 6 heteroatoms. The Bertz CT molecular complexity index is 486. The van der Waals surface area contributed by atoms with Crippen molar-refractivity contribution in [2.45, 2.75) is 6.42 Å². The Hall–Kier alpha value is -0.650. The Balaban J connectivity index is 2.07. The second kappa shape index (κ2) is 7.38. The van der Waals surface area contributed by atoms with Crippen molar-refractivity contribution in [3.8, 4) is 0 Å². The van der Waals surface area contributed by atoms with E-state index in [-0.39, 0.29) is 16.5 Å². The van der Waals surface area contributed by atoms with E-state index >= 15 is 0 Å². The van der Waals surface area contributed by atoms with Crippen LogP contribution < -0.4 is 0 Å². The maximum atomic E-state index is 13.9. The number of benzene rings is 1. The fourth-order valence-electron chi connectivity index (χ4n) is 2.36. The second-order valence-electron chi connectivity index (χ2n) is 4.78. The zero-order valence-corrected chi connectivity index (χ0v) is 13.5. The molecule has 0 bridgehead atoms. The molecule has 0 spiro atoms. The SMILES string of the molecule is O=C(c1cccc(Cl)c1F)N1CCCN(CCBr)CC1. The molecule has 1 saturated heterocycles. The maximum Gasteiger partial charge on any atom is 0.256 e. The summed E-state index contributed by atoms with van der Waals surface area (Å²) in [5.41, 5.74) is 0.0615. The first-order valence-electron chi connectivity index (χ1n) is 6.65. The number of carbonyl (C=O) groups excluding carboxylic acids is 1. The van der Waals surface area contributed by atoms with E-state index in [0.717, 1.165) is 31.4 Å². The van der Waals surface area contributed by atoms with Crippen molar-refractivity contribution in [3.05, 3.63) is 34.6 Å². The molecule has 20 heavy (non-hydrogen) atoms. The van der Waals surface area contributed by atoms with E-state index < -0.39 is 5.82 Å². The van der Waals surface area contributed by atoms with Gasteiger partial charge in [0.25, 0.3) is 5.91 Å². The van der Waals surface area contributed by atoms with Crippen LogP contribution in [0.4, 0.5) is 4.39 Å². The van der Waals surface area contributed by atoms with Crippen molar-refractivity contribution < 1.29 is 9.18 Å². The average molecular weight is 364 g/mol. The molecular weight excluding hydrogens is 347 g/mol. The minimum atomic E-state index is -0.624. The van der Waals surface area contributed by atoms with Crippen LogP contribution in [-0.4, -0.2) is 53.8 Å². The largest absolute Gasteiger partial charge is 0.337 e. The topological polar surface area (TPSA) is 23.6 Å². The first-order valence-corrected chi connectivity index (χ1v) is 8.15. The summed E-state index contributed by atoms with van der Waals surface area (Å²) in [6.45, 7) is 4.03. The number of hydrogen-bond acceptors (Lipinski definition) is 2. The Morgan fingerprint density at radius 2 is 2.10 bits per heavy atom. The number of amides is 1. The Kier molecular flexibility index (Phi) is 5.81. The number of hydrogen-bond donors (Lipinski definition) is 0. The van der Waals surface area contributed by atoms with Crippen LogP contribution in [0.1, 0.15) is 16.8 Å². The van der Waals surface area contributed by atoms with Crippen molar-refractivity contribution in [3.63, 3.8) is 0 Å². The van der Waals surface area contributed by atoms with Crippen LogP contribution in [0.2, 0.25) is 5.02 Å². The van der Waals surface area contributed by atoms with Gasteiger partial charge in [0.15, 0.2) is 5.82 Å². The van der Waals surface area contributed by atoms with Crippen LogP contribution in [0.3, 0.4) is 0 Å². The van der Waals surface area contributed by atoms with Gasteiger partial charge in [-0.3, -0.25) is 4.79 Å². The summed E-state index contributed by atoms with van der Waals surface area (Å²) in [5, 5.41) is 0.913. The van der Waals surface area contributed by atoms with Crippen LogP contribution in [0, 0.1) is 5.82 Å². The van der Waals surface area contributed by atoms with Crippen LogP contribution >= 0.6 is 27.5 Å². The molecule has 1 amide bonds. The van der Waals surface area contributed by atoms with E-state index in [2.05, 4.69) is 20.8 Å². The zero-order chi connectivity index (χ0) is 14.5. The highest BCUT2D eigenvalue weighted by atomic mass is 79.9. The van der Waals surface area contributed by atoms with Gasteiger partial charge in [0, 0.05) is 31.5 Å². The number of nitrogens with zero attached hydrogens (tertiary/aromatic N) is 2. The molecule has 0 aromatic heterocycles. The lowest BCUT2D eigenvalue weighted by Crippen LogP contribution is -2.36. The fraction of sp³-hybridized carbons (Fsp3) is 0.500. The van der Waals surface area contributed by atoms with Gasteiger partial charge in [-0.05, 0) is 25.1 Å². The molecule has 110 valence electrons. The van der Waals surface area contributed by atoms with Gasteiger partial charge in [0.1, 0.15) is 0 Å². The van der Waals surface area contributed by atoms with Gasteiger partial charge < -0.3 is 9.80 Å². The fourth-order valence-corrected chi connectivity index (χ4v) is 3.03. The van der Waals surface area contributed by atoms with Gasteiger partial charge in [-0.25, -0.2) is 4.39 Å². The zero-order valence-electron chi connectivity index (χ0n) is 11.1. The Labute approximate surface area is 131 Å². The monoisotopic (exact) mass is 362 g/mol. The van der Waals surface area contributed by atoms with Crippen molar-refractivity contribution in [1.82, 2.24) is 9.80 Å². The van der Waals surface area contributed by atoms with Gasteiger partial charge >= 0.3 is 0 Å². The van der Waals surface area contributed by atoms with E-state index in [1.54, 1.807) is 11.0 Å². The highest BCUT2D eigenvalue weighted by Crippen LogP contribution is 2.20. The molecule has 1 aromatic rings. The molecule has 0 unspecified atom stereocenters. The van der Waals surface area contributed by atoms with Gasteiger partial charge in [0.2, 0.25) is 0 Å². The lowest BCUT2D eigenvalue weighted by molar-refractivity contribution is 0.0757. The van der Waals surface area contributed by atoms with Crippen LogP contribution in [0.5, 0.6) is 0 Å². The summed E-state index contributed by atoms with van der Waals surface area (Å²) in [7, 11) is 0. The third-order valence-electron chi connectivity index (χ3n) is 3.46. The summed E-state index contributed by atoms with van der Waals surface area (Å²) >= 11 is 9.16. The summed E-state index contributed by atoms with van der Waals surface area (Å²) < 4.78 is 13.9. The van der Waals surface area contributed by atoms with Gasteiger partial charge in [0.05, 0.1) is 10.6 Å². The molecule has 0 saturated carbocycles. The molecule has 0 aliphatic carbocycles. The van der Waals surface area contributed by atoms with Crippen molar-refractivity contribution in [1.29, 1.82) is 0 Å². The summed E-state index contributed by atoms with van der Waals surface area (Å²) in [5.74, 6) is -0.897. The van der Waals surface area contributed by atoms with Crippen LogP contribution in [-0.2, 0) is 0 Å². The van der Waals surface area contributed by atoms with E-state index in [1.165, 1.54) is 12.1 Å². The smallest absolute Gasteiger partial charge is 0.256 e. The molecule has 0 atom stereocenters. The molecule has 2 rings (SSSR count). The van der Waals surface area contributed by atoms with Crippen molar-refractivity contribution >= 4 is 33.4 Å². The third-order valence-corrected chi connectivity index (χ3v) is 4.11. The summed E-state index contributed by atoms with van der Waals surface area (Å²) in [6.07, 6.45) is 0.904. The molecule has 1 fully saturated rings. The highest BCUT2D eigenvalue weighted by Gasteiger charge is 2.23. The van der Waals surface area contributed by atoms with Gasteiger partial charge in [-0.2, -0.15) is 0 Å². The molecule has 0 N–H and O–H groups in total. The number of alkyl halides is 1. The van der Waals surface area contributed by atoms with Crippen LogP contribution in [0.25, 0.3) is 0 Å². The molecule has 3 nitrogen and oxygen atoms in total. The number of rotatable bonds is 3. The Morgan fingerprint density at radius 1 is 1.30 bits per heavy atom. The normalized spacial score (nSPS) is 17.1. The predicted molar refractivity (Wildman–Crippen MR) is 82.2 cm³/mol. The molecule has 1 aliphatic heterocycles. The summed E-state index contributed by atoms with van der Waals surface area (Å²) in [4.78, 5) is 16.4. The second-order valence-corrected chi connectivity index (χ2v) is 5.98. The molecule has 0 radical (unpaired) electrons. The van der Waals surface area contributed by atoms with Crippen molar-refractivity contribution in [2.75, 3.05) is 38.1 Å². The molecular formula is C14H17BrClFN2O. The lowest BCUT2D eigenvalue weighted by atomic mass is 10.2. The number of halogens is 3. The van der Waals surface area contributed by atoms with Gasteiger partial charge in [-0.1, -0.05) is 33.6 Å². The lowest BCUT2D eigenvalue weighted by Gasteiger charge is -2.22. The van der Waals surface area contributed by atoms with E-state index in [1.807, 2.05) is 0 Å². The van der Waals surface area contributed by atoms with E-state index in [0.29, 0.717) is 13.1 Å².